The first-order valence-corrected chi connectivity index (χ1v) is 6.69. The molecule has 2 rings (SSSR count). The van der Waals surface area contributed by atoms with E-state index in [1.54, 1.807) is 12.1 Å². The number of rotatable bonds is 4. The summed E-state index contributed by atoms with van der Waals surface area (Å²) in [5.41, 5.74) is 2.32. The van der Waals surface area contributed by atoms with Gasteiger partial charge in [-0.15, -0.1) is 0 Å². The summed E-state index contributed by atoms with van der Waals surface area (Å²) in [5.74, 6) is 0.985. The molecule has 2 aromatic carbocycles. The van der Waals surface area contributed by atoms with Crippen LogP contribution in [0.15, 0.2) is 36.4 Å². The minimum atomic E-state index is -0.456. The fourth-order valence-corrected chi connectivity index (χ4v) is 1.99. The molecule has 0 unspecified atom stereocenters. The van der Waals surface area contributed by atoms with Crippen molar-refractivity contribution in [1.29, 1.82) is 0 Å². The Morgan fingerprint density at radius 1 is 1.15 bits per heavy atom. The molecule has 0 amide bonds. The van der Waals surface area contributed by atoms with Crippen molar-refractivity contribution in [1.82, 2.24) is 0 Å². The Labute approximate surface area is 118 Å². The van der Waals surface area contributed by atoms with E-state index < -0.39 is 5.82 Å². The fraction of sp³-hybridized carbons (Fsp3) is 0.294. The third kappa shape index (κ3) is 2.99. The summed E-state index contributed by atoms with van der Waals surface area (Å²) in [5, 5.41) is 9.27. The van der Waals surface area contributed by atoms with Crippen LogP contribution in [-0.4, -0.2) is 5.11 Å². The first-order valence-electron chi connectivity index (χ1n) is 6.69. The molecule has 0 aliphatic heterocycles. The molecule has 2 aromatic rings. The van der Waals surface area contributed by atoms with Gasteiger partial charge in [0, 0.05) is 0 Å². The number of aryl methyl sites for hydroxylation is 1. The van der Waals surface area contributed by atoms with Gasteiger partial charge in [-0.3, -0.25) is 0 Å². The summed E-state index contributed by atoms with van der Waals surface area (Å²) in [4.78, 5) is 0. The minimum Gasteiger partial charge on any atom is -0.457 e. The first-order chi connectivity index (χ1) is 9.52. The van der Waals surface area contributed by atoms with E-state index in [4.69, 9.17) is 4.74 Å². The van der Waals surface area contributed by atoms with Gasteiger partial charge < -0.3 is 9.84 Å². The third-order valence-electron chi connectivity index (χ3n) is 3.33. The highest BCUT2D eigenvalue weighted by Gasteiger charge is 2.11. The van der Waals surface area contributed by atoms with Gasteiger partial charge in [0.25, 0.3) is 0 Å². The molecule has 0 saturated heterocycles. The molecule has 0 radical (unpaired) electrons. The maximum absolute atomic E-state index is 13.6. The number of hydrogen-bond acceptors (Lipinski definition) is 2. The Balaban J connectivity index is 2.39. The van der Waals surface area contributed by atoms with E-state index in [-0.39, 0.29) is 12.2 Å². The van der Waals surface area contributed by atoms with Crippen LogP contribution in [-0.2, 0) is 6.61 Å². The third-order valence-corrected chi connectivity index (χ3v) is 3.33. The van der Waals surface area contributed by atoms with Gasteiger partial charge in [0.2, 0.25) is 0 Å². The van der Waals surface area contributed by atoms with Crippen molar-refractivity contribution in [3.05, 3.63) is 58.9 Å². The van der Waals surface area contributed by atoms with E-state index >= 15 is 0 Å². The molecule has 0 aliphatic rings. The molecular weight excluding hydrogens is 255 g/mol. The topological polar surface area (TPSA) is 29.5 Å². The van der Waals surface area contributed by atoms with Gasteiger partial charge in [0.1, 0.15) is 17.3 Å². The molecule has 0 saturated carbocycles. The minimum absolute atomic E-state index is 0.182. The van der Waals surface area contributed by atoms with Crippen LogP contribution in [0.2, 0.25) is 0 Å². The van der Waals surface area contributed by atoms with Crippen molar-refractivity contribution in [3.8, 4) is 11.5 Å². The average Bonchev–Trinajstić information content (AvgIpc) is 2.41. The maximum Gasteiger partial charge on any atom is 0.135 e. The largest absolute Gasteiger partial charge is 0.457 e. The van der Waals surface area contributed by atoms with Gasteiger partial charge in [-0.25, -0.2) is 4.39 Å². The van der Waals surface area contributed by atoms with E-state index in [2.05, 4.69) is 19.9 Å². The highest BCUT2D eigenvalue weighted by atomic mass is 19.1. The monoisotopic (exact) mass is 274 g/mol. The molecule has 0 aromatic heterocycles. The fourth-order valence-electron chi connectivity index (χ4n) is 1.99. The van der Waals surface area contributed by atoms with E-state index in [1.165, 1.54) is 6.07 Å². The molecule has 106 valence electrons. The number of hydrogen-bond donors (Lipinski definition) is 1. The van der Waals surface area contributed by atoms with Gasteiger partial charge in [0.05, 0.1) is 12.2 Å². The summed E-state index contributed by atoms with van der Waals surface area (Å²) in [6.07, 6.45) is 0. The standard InChI is InChI=1S/C17H19FO2/c1-11(2)13-8-7-12(3)17(9-13)20-16-6-4-5-15(18)14(16)10-19/h4-9,11,19H,10H2,1-3H3. The molecule has 1 N–H and O–H groups in total. The lowest BCUT2D eigenvalue weighted by Crippen LogP contribution is -1.97. The van der Waals surface area contributed by atoms with Crippen LogP contribution >= 0.6 is 0 Å². The Bertz CT molecular complexity index is 606. The highest BCUT2D eigenvalue weighted by molar-refractivity contribution is 5.43. The number of benzene rings is 2. The molecule has 0 spiro atoms. The van der Waals surface area contributed by atoms with E-state index in [0.717, 1.165) is 11.1 Å². The summed E-state index contributed by atoms with van der Waals surface area (Å²) >= 11 is 0. The molecule has 2 nitrogen and oxygen atoms in total. The molecule has 0 bridgehead atoms. The van der Waals surface area contributed by atoms with Crippen molar-refractivity contribution in [3.63, 3.8) is 0 Å². The number of ether oxygens (including phenoxy) is 1. The summed E-state index contributed by atoms with van der Waals surface area (Å²) in [6.45, 7) is 5.77. The Morgan fingerprint density at radius 2 is 1.90 bits per heavy atom. The van der Waals surface area contributed by atoms with Gasteiger partial charge in [-0.2, -0.15) is 0 Å². The molecule has 3 heteroatoms. The smallest absolute Gasteiger partial charge is 0.135 e. The van der Waals surface area contributed by atoms with E-state index in [1.807, 2.05) is 19.1 Å². The van der Waals surface area contributed by atoms with Crippen LogP contribution in [0.1, 0.15) is 36.5 Å². The van der Waals surface area contributed by atoms with Crippen molar-refractivity contribution in [2.24, 2.45) is 0 Å². The Hall–Kier alpha value is -1.87. The second-order valence-electron chi connectivity index (χ2n) is 5.16. The van der Waals surface area contributed by atoms with E-state index in [9.17, 15) is 9.50 Å². The molecule has 0 atom stereocenters. The highest BCUT2D eigenvalue weighted by Crippen LogP contribution is 2.31. The lowest BCUT2D eigenvalue weighted by molar-refractivity contribution is 0.270. The maximum atomic E-state index is 13.6. The second kappa shape index (κ2) is 6.06. The van der Waals surface area contributed by atoms with Crippen LogP contribution in [0.3, 0.4) is 0 Å². The summed E-state index contributed by atoms with van der Waals surface area (Å²) in [6, 6.07) is 10.6. The van der Waals surface area contributed by atoms with Crippen LogP contribution in [0.4, 0.5) is 4.39 Å². The van der Waals surface area contributed by atoms with Crippen molar-refractivity contribution < 1.29 is 14.2 Å². The number of halogens is 1. The zero-order valence-electron chi connectivity index (χ0n) is 12.0. The van der Waals surface area contributed by atoms with Crippen molar-refractivity contribution in [2.75, 3.05) is 0 Å². The molecule has 0 heterocycles. The molecular formula is C17H19FO2. The lowest BCUT2D eigenvalue weighted by Gasteiger charge is -2.14. The average molecular weight is 274 g/mol. The lowest BCUT2D eigenvalue weighted by atomic mass is 10.0. The number of aliphatic hydroxyl groups is 1. The van der Waals surface area contributed by atoms with Gasteiger partial charge in [-0.05, 0) is 42.2 Å². The Kier molecular flexibility index (Phi) is 4.40. The predicted octanol–water partition coefficient (Wildman–Crippen LogP) is 4.54. The molecule has 0 aliphatic carbocycles. The van der Waals surface area contributed by atoms with Gasteiger partial charge >= 0.3 is 0 Å². The number of aliphatic hydroxyl groups excluding tert-OH is 1. The zero-order chi connectivity index (χ0) is 14.7. The van der Waals surface area contributed by atoms with Crippen LogP contribution in [0, 0.1) is 12.7 Å². The quantitative estimate of drug-likeness (QED) is 0.886. The normalized spacial score (nSPS) is 10.9. The second-order valence-corrected chi connectivity index (χ2v) is 5.16. The van der Waals surface area contributed by atoms with Crippen molar-refractivity contribution >= 4 is 0 Å². The van der Waals surface area contributed by atoms with Crippen LogP contribution in [0.5, 0.6) is 11.5 Å². The summed E-state index contributed by atoms with van der Waals surface area (Å²) < 4.78 is 19.4. The first kappa shape index (κ1) is 14.5. The zero-order valence-corrected chi connectivity index (χ0v) is 12.0. The van der Waals surface area contributed by atoms with E-state index in [0.29, 0.717) is 17.4 Å². The molecule has 0 fully saturated rings. The van der Waals surface area contributed by atoms with Gasteiger partial charge in [-0.1, -0.05) is 32.0 Å². The van der Waals surface area contributed by atoms with Gasteiger partial charge in [0.15, 0.2) is 0 Å². The predicted molar refractivity (Wildman–Crippen MR) is 77.7 cm³/mol. The summed E-state index contributed by atoms with van der Waals surface area (Å²) in [7, 11) is 0. The molecule has 20 heavy (non-hydrogen) atoms. The van der Waals surface area contributed by atoms with Crippen LogP contribution in [0.25, 0.3) is 0 Å². The Morgan fingerprint density at radius 3 is 2.55 bits per heavy atom. The van der Waals surface area contributed by atoms with Crippen molar-refractivity contribution in [2.45, 2.75) is 33.3 Å². The van der Waals surface area contributed by atoms with Crippen LogP contribution < -0.4 is 4.74 Å². The SMILES string of the molecule is Cc1ccc(C(C)C)cc1Oc1cccc(F)c1CO.